The molecule has 2 N–H and O–H groups in total. The number of aryl methyl sites for hydroxylation is 1. The second-order valence-corrected chi connectivity index (χ2v) is 11.2. The Balaban J connectivity index is 1.31. The standard InChI is InChI=1S/C28H26ClF4N9O3/c1-39(2)26(44)15-7-14(8-16(22(15)30)28(31,32)33)37-27-38-24-23(41(27)4)21(29)19(10-35-24)45-18-11-36-42-12-20(34-9-17(18)42)40(3)25(43)13-5-6-13/h7-13,26,44H,5-6H2,1-4H3,(H,35,37,38). The number of pyridine rings is 1. The molecule has 12 nitrogen and oxygen atoms in total. The number of aliphatic hydroxyl groups is 1. The highest BCUT2D eigenvalue weighted by molar-refractivity contribution is 6.36. The van der Waals surface area contributed by atoms with Gasteiger partial charge in [0.15, 0.2) is 23.0 Å². The van der Waals surface area contributed by atoms with Gasteiger partial charge in [-0.15, -0.1) is 0 Å². The van der Waals surface area contributed by atoms with E-state index in [1.165, 1.54) is 46.7 Å². The molecule has 4 aromatic heterocycles. The summed E-state index contributed by atoms with van der Waals surface area (Å²) in [6, 6.07) is 1.66. The molecule has 1 aromatic carbocycles. The summed E-state index contributed by atoms with van der Waals surface area (Å²) in [5.74, 6) is -0.658. The first-order valence-electron chi connectivity index (χ1n) is 13.6. The molecule has 236 valence electrons. The lowest BCUT2D eigenvalue weighted by Crippen LogP contribution is -2.28. The largest absolute Gasteiger partial charge is 0.450 e. The van der Waals surface area contributed by atoms with Crippen molar-refractivity contribution in [3.8, 4) is 11.5 Å². The maximum atomic E-state index is 14.8. The van der Waals surface area contributed by atoms with Gasteiger partial charge in [-0.3, -0.25) is 14.6 Å². The monoisotopic (exact) mass is 647 g/mol. The molecule has 1 saturated carbocycles. The van der Waals surface area contributed by atoms with Crippen LogP contribution in [0.3, 0.4) is 0 Å². The van der Waals surface area contributed by atoms with Crippen molar-refractivity contribution in [1.29, 1.82) is 0 Å². The predicted molar refractivity (Wildman–Crippen MR) is 156 cm³/mol. The van der Waals surface area contributed by atoms with E-state index in [0.29, 0.717) is 28.7 Å². The first kappa shape index (κ1) is 30.5. The SMILES string of the molecule is CN(C(=O)C1CC1)c1cn2ncc(Oc3cnc4nc(Nc5cc(C(O)N(C)C)c(F)c(C(F)(F)F)c5)n(C)c4c3Cl)c2cn1. The number of carbonyl (C=O) groups is 1. The molecule has 0 aliphatic heterocycles. The average Bonchev–Trinajstić information content (AvgIpc) is 3.70. The molecule has 1 aliphatic carbocycles. The Morgan fingerprint density at radius 2 is 1.89 bits per heavy atom. The summed E-state index contributed by atoms with van der Waals surface area (Å²) < 4.78 is 64.8. The van der Waals surface area contributed by atoms with Gasteiger partial charge in [0.1, 0.15) is 28.1 Å². The minimum atomic E-state index is -5.02. The lowest BCUT2D eigenvalue weighted by Gasteiger charge is -2.22. The van der Waals surface area contributed by atoms with Gasteiger partial charge in [0.05, 0.1) is 30.4 Å². The van der Waals surface area contributed by atoms with Gasteiger partial charge >= 0.3 is 6.18 Å². The Bertz CT molecular complexity index is 1960. The Morgan fingerprint density at radius 1 is 1.16 bits per heavy atom. The quantitative estimate of drug-likeness (QED) is 0.171. The summed E-state index contributed by atoms with van der Waals surface area (Å²) in [6.07, 6.45) is 0.971. The number of halogens is 5. The summed E-state index contributed by atoms with van der Waals surface area (Å²) in [5.41, 5.74) is -1.36. The molecule has 1 atom stereocenters. The van der Waals surface area contributed by atoms with Gasteiger partial charge < -0.3 is 19.7 Å². The van der Waals surface area contributed by atoms with E-state index in [4.69, 9.17) is 16.3 Å². The van der Waals surface area contributed by atoms with Crippen LogP contribution in [0.15, 0.2) is 36.9 Å². The topological polar surface area (TPSA) is 126 Å². The highest BCUT2D eigenvalue weighted by atomic mass is 35.5. The Kier molecular flexibility index (Phi) is 7.53. The van der Waals surface area contributed by atoms with Gasteiger partial charge in [-0.1, -0.05) is 11.6 Å². The molecule has 0 bridgehead atoms. The third-order valence-electron chi connectivity index (χ3n) is 7.41. The Labute approximate surface area is 257 Å². The zero-order valence-corrected chi connectivity index (χ0v) is 25.0. The molecule has 0 saturated heterocycles. The second kappa shape index (κ2) is 11.1. The number of rotatable bonds is 8. The van der Waals surface area contributed by atoms with Crippen LogP contribution in [0, 0.1) is 11.7 Å². The molecule has 0 radical (unpaired) electrons. The van der Waals surface area contributed by atoms with Crippen LogP contribution < -0.4 is 15.0 Å². The van der Waals surface area contributed by atoms with E-state index in [2.05, 4.69) is 25.4 Å². The number of imidazole rings is 1. The van der Waals surface area contributed by atoms with E-state index >= 15 is 0 Å². The van der Waals surface area contributed by atoms with Gasteiger partial charge in [-0.2, -0.15) is 23.3 Å². The Hall–Kier alpha value is -4.54. The van der Waals surface area contributed by atoms with Crippen LogP contribution in [-0.4, -0.2) is 66.2 Å². The summed E-state index contributed by atoms with van der Waals surface area (Å²) in [4.78, 5) is 28.1. The molecular formula is C28H26ClF4N9O3. The van der Waals surface area contributed by atoms with Crippen molar-refractivity contribution in [1.82, 2.24) is 34.0 Å². The molecule has 5 aromatic rings. The van der Waals surface area contributed by atoms with E-state index in [-0.39, 0.29) is 39.9 Å². The summed E-state index contributed by atoms with van der Waals surface area (Å²) in [6.45, 7) is 0. The van der Waals surface area contributed by atoms with Gasteiger partial charge in [-0.05, 0) is 39.1 Å². The maximum absolute atomic E-state index is 14.8. The van der Waals surface area contributed by atoms with Gasteiger partial charge in [0, 0.05) is 31.3 Å². The number of aromatic nitrogens is 6. The molecular weight excluding hydrogens is 622 g/mol. The minimum Gasteiger partial charge on any atom is -0.450 e. The van der Waals surface area contributed by atoms with E-state index < -0.39 is 29.3 Å². The average molecular weight is 648 g/mol. The number of anilines is 3. The smallest absolute Gasteiger partial charge is 0.419 e. The van der Waals surface area contributed by atoms with E-state index in [0.717, 1.165) is 23.8 Å². The minimum absolute atomic E-state index is 0.00603. The van der Waals surface area contributed by atoms with Crippen molar-refractivity contribution < 1.29 is 32.2 Å². The zero-order valence-electron chi connectivity index (χ0n) is 24.3. The van der Waals surface area contributed by atoms with E-state index in [1.807, 2.05) is 0 Å². The number of ether oxygens (including phenoxy) is 1. The number of fused-ring (bicyclic) bond motifs is 2. The molecule has 1 amide bonds. The third kappa shape index (κ3) is 5.60. The fourth-order valence-electron chi connectivity index (χ4n) is 4.76. The number of hydrogen-bond acceptors (Lipinski definition) is 9. The van der Waals surface area contributed by atoms with Gasteiger partial charge in [-0.25, -0.2) is 18.9 Å². The van der Waals surface area contributed by atoms with Crippen LogP contribution in [0.4, 0.5) is 35.0 Å². The van der Waals surface area contributed by atoms with E-state index in [1.54, 1.807) is 20.3 Å². The first-order chi connectivity index (χ1) is 21.2. The summed E-state index contributed by atoms with van der Waals surface area (Å²) in [7, 11) is 6.01. The molecule has 6 rings (SSSR count). The molecule has 1 unspecified atom stereocenters. The van der Waals surface area contributed by atoms with Crippen LogP contribution in [0.25, 0.3) is 16.7 Å². The van der Waals surface area contributed by atoms with Crippen molar-refractivity contribution >= 4 is 51.6 Å². The van der Waals surface area contributed by atoms with Crippen molar-refractivity contribution in [3.05, 3.63) is 58.9 Å². The molecule has 17 heteroatoms. The number of alkyl halides is 3. The Morgan fingerprint density at radius 3 is 2.56 bits per heavy atom. The normalized spacial score (nSPS) is 14.4. The number of nitrogens with one attached hydrogen (secondary N) is 1. The van der Waals surface area contributed by atoms with Gasteiger partial charge in [0.25, 0.3) is 0 Å². The lowest BCUT2D eigenvalue weighted by atomic mass is 10.1. The van der Waals surface area contributed by atoms with Crippen LogP contribution >= 0.6 is 11.6 Å². The fraction of sp³-hybridized carbons (Fsp3) is 0.321. The third-order valence-corrected chi connectivity index (χ3v) is 7.78. The summed E-state index contributed by atoms with van der Waals surface area (Å²) in [5, 5.41) is 17.5. The molecule has 1 aliphatic rings. The highest BCUT2D eigenvalue weighted by Gasteiger charge is 2.37. The number of hydrogen-bond donors (Lipinski definition) is 2. The van der Waals surface area contributed by atoms with Gasteiger partial charge in [0.2, 0.25) is 11.9 Å². The number of aliphatic hydroxyl groups excluding tert-OH is 1. The molecule has 0 spiro atoms. The number of amides is 1. The van der Waals surface area contributed by atoms with Crippen LogP contribution in [0.1, 0.15) is 30.2 Å². The fourth-order valence-corrected chi connectivity index (χ4v) is 5.05. The van der Waals surface area contributed by atoms with Crippen molar-refractivity contribution in [3.63, 3.8) is 0 Å². The lowest BCUT2D eigenvalue weighted by molar-refractivity contribution is -0.140. The van der Waals surface area contributed by atoms with Crippen molar-refractivity contribution in [2.75, 3.05) is 31.4 Å². The number of nitrogens with zero attached hydrogens (tertiary/aromatic N) is 8. The second-order valence-electron chi connectivity index (χ2n) is 10.8. The molecule has 45 heavy (non-hydrogen) atoms. The molecule has 1 fully saturated rings. The van der Waals surface area contributed by atoms with Crippen molar-refractivity contribution in [2.24, 2.45) is 13.0 Å². The summed E-state index contributed by atoms with van der Waals surface area (Å²) >= 11 is 6.70. The van der Waals surface area contributed by atoms with Crippen LogP contribution in [0.5, 0.6) is 11.5 Å². The first-order valence-corrected chi connectivity index (χ1v) is 13.9. The predicted octanol–water partition coefficient (Wildman–Crippen LogP) is 5.28. The number of benzene rings is 1. The number of carbonyl (C=O) groups excluding carboxylic acids is 1. The maximum Gasteiger partial charge on any atom is 0.419 e. The van der Waals surface area contributed by atoms with Crippen LogP contribution in [-0.2, 0) is 18.0 Å². The molecule has 4 heterocycles. The zero-order chi connectivity index (χ0) is 32.4. The highest BCUT2D eigenvalue weighted by Crippen LogP contribution is 2.40. The van der Waals surface area contributed by atoms with Crippen LogP contribution in [0.2, 0.25) is 5.02 Å². The van der Waals surface area contributed by atoms with Crippen molar-refractivity contribution in [2.45, 2.75) is 25.2 Å². The van der Waals surface area contributed by atoms with E-state index in [9.17, 15) is 27.5 Å².